The number of fused-ring (bicyclic) bond motifs is 1. The van der Waals surface area contributed by atoms with Gasteiger partial charge in [-0.15, -0.1) is 0 Å². The molecule has 0 saturated carbocycles. The summed E-state index contributed by atoms with van der Waals surface area (Å²) >= 11 is 0. The van der Waals surface area contributed by atoms with Crippen molar-refractivity contribution >= 4 is 32.8 Å². The maximum atomic E-state index is 13.0. The molecule has 0 unspecified atom stereocenters. The van der Waals surface area contributed by atoms with Crippen LogP contribution in [-0.4, -0.2) is 49.7 Å². The molecule has 9 heteroatoms. The number of sulfonamides is 1. The Balaban J connectivity index is 1.40. The number of benzene rings is 3. The maximum Gasteiger partial charge on any atom is 0.416 e. The van der Waals surface area contributed by atoms with Gasteiger partial charge in [-0.25, -0.2) is 8.42 Å². The van der Waals surface area contributed by atoms with Gasteiger partial charge in [-0.3, -0.25) is 4.79 Å². The van der Waals surface area contributed by atoms with Crippen molar-refractivity contribution in [3.8, 4) is 0 Å². The molecule has 0 atom stereocenters. The van der Waals surface area contributed by atoms with Crippen LogP contribution in [0.2, 0.25) is 0 Å². The summed E-state index contributed by atoms with van der Waals surface area (Å²) in [5.41, 5.74) is -0.527. The lowest BCUT2D eigenvalue weighted by atomic mass is 10.1. The first-order chi connectivity index (χ1) is 15.6. The number of piperazine rings is 1. The molecule has 1 amide bonds. The van der Waals surface area contributed by atoms with Crippen LogP contribution < -0.4 is 0 Å². The third kappa shape index (κ3) is 5.09. The highest BCUT2D eigenvalue weighted by Crippen LogP contribution is 2.29. The number of nitrogens with zero attached hydrogens (tertiary/aromatic N) is 2. The summed E-state index contributed by atoms with van der Waals surface area (Å²) in [7, 11) is -3.71. The molecule has 172 valence electrons. The van der Waals surface area contributed by atoms with E-state index < -0.39 is 21.8 Å². The van der Waals surface area contributed by atoms with Gasteiger partial charge >= 0.3 is 6.18 Å². The summed E-state index contributed by atoms with van der Waals surface area (Å²) < 4.78 is 66.0. The summed E-state index contributed by atoms with van der Waals surface area (Å²) in [5.74, 6) is -0.379. The smallest absolute Gasteiger partial charge is 0.337 e. The van der Waals surface area contributed by atoms with Crippen molar-refractivity contribution in [2.24, 2.45) is 0 Å². The molecular weight excluding hydrogens is 453 g/mol. The highest BCUT2D eigenvalue weighted by atomic mass is 32.2. The van der Waals surface area contributed by atoms with Crippen LogP contribution in [0.4, 0.5) is 13.2 Å². The Labute approximate surface area is 189 Å². The first-order valence-electron chi connectivity index (χ1n) is 10.3. The van der Waals surface area contributed by atoms with E-state index in [9.17, 15) is 26.4 Å². The third-order valence-electron chi connectivity index (χ3n) is 5.54. The van der Waals surface area contributed by atoms with E-state index in [1.165, 1.54) is 33.5 Å². The minimum absolute atomic E-state index is 0.137. The number of rotatable bonds is 4. The number of hydrogen-bond donors (Lipinski definition) is 0. The van der Waals surface area contributed by atoms with Gasteiger partial charge in [0.15, 0.2) is 0 Å². The van der Waals surface area contributed by atoms with E-state index in [1.54, 1.807) is 18.2 Å². The van der Waals surface area contributed by atoms with E-state index in [0.717, 1.165) is 22.9 Å². The predicted molar refractivity (Wildman–Crippen MR) is 120 cm³/mol. The Morgan fingerprint density at radius 3 is 2.24 bits per heavy atom. The van der Waals surface area contributed by atoms with Crippen LogP contribution in [0, 0.1) is 0 Å². The fourth-order valence-corrected chi connectivity index (χ4v) is 5.18. The summed E-state index contributed by atoms with van der Waals surface area (Å²) in [5, 5.41) is 1.77. The highest BCUT2D eigenvalue weighted by Gasteiger charge is 2.31. The van der Waals surface area contributed by atoms with Gasteiger partial charge in [-0.2, -0.15) is 17.5 Å². The third-order valence-corrected chi connectivity index (χ3v) is 7.44. The van der Waals surface area contributed by atoms with Gasteiger partial charge in [0.1, 0.15) is 0 Å². The molecule has 0 spiro atoms. The molecule has 1 saturated heterocycles. The molecule has 0 bridgehead atoms. The fraction of sp³-hybridized carbons (Fsp3) is 0.208. The van der Waals surface area contributed by atoms with Crippen molar-refractivity contribution in [2.45, 2.75) is 11.1 Å². The van der Waals surface area contributed by atoms with Crippen LogP contribution >= 0.6 is 0 Å². The molecule has 1 heterocycles. The van der Waals surface area contributed by atoms with E-state index in [4.69, 9.17) is 0 Å². The Hall–Kier alpha value is -3.17. The number of halogens is 3. The molecule has 0 radical (unpaired) electrons. The Bertz CT molecular complexity index is 1310. The lowest BCUT2D eigenvalue weighted by Crippen LogP contribution is -2.50. The van der Waals surface area contributed by atoms with Crippen molar-refractivity contribution in [1.82, 2.24) is 9.21 Å². The maximum absolute atomic E-state index is 13.0. The Morgan fingerprint density at radius 2 is 1.55 bits per heavy atom. The standard InChI is InChI=1S/C24H21F3N2O3S/c25-24(26,27)21-7-3-4-18(16-21)8-11-23(30)28-12-14-29(15-13-28)33(31,32)22-10-9-19-5-1-2-6-20(19)17-22/h1-11,16-17H,12-15H2. The zero-order chi connectivity index (χ0) is 23.6. The van der Waals surface area contributed by atoms with E-state index in [2.05, 4.69) is 0 Å². The first-order valence-corrected chi connectivity index (χ1v) is 11.7. The molecule has 3 aromatic carbocycles. The topological polar surface area (TPSA) is 57.7 Å². The van der Waals surface area contributed by atoms with Crippen molar-refractivity contribution in [3.05, 3.63) is 83.9 Å². The van der Waals surface area contributed by atoms with Crippen molar-refractivity contribution < 1.29 is 26.4 Å². The molecule has 4 rings (SSSR count). The van der Waals surface area contributed by atoms with Gasteiger partial charge in [-0.05, 0) is 46.7 Å². The Kier molecular flexibility index (Phi) is 6.27. The number of alkyl halides is 3. The van der Waals surface area contributed by atoms with Crippen molar-refractivity contribution in [1.29, 1.82) is 0 Å². The van der Waals surface area contributed by atoms with E-state index in [0.29, 0.717) is 0 Å². The average Bonchev–Trinajstić information content (AvgIpc) is 2.82. The van der Waals surface area contributed by atoms with Gasteiger partial charge < -0.3 is 4.90 Å². The minimum Gasteiger partial charge on any atom is -0.337 e. The first kappa shape index (κ1) is 23.0. The van der Waals surface area contributed by atoms with E-state index >= 15 is 0 Å². The van der Waals surface area contributed by atoms with Gasteiger partial charge in [0.25, 0.3) is 0 Å². The Morgan fingerprint density at radius 1 is 0.848 bits per heavy atom. The van der Waals surface area contributed by atoms with Gasteiger partial charge in [0, 0.05) is 32.3 Å². The zero-order valence-corrected chi connectivity index (χ0v) is 18.3. The van der Waals surface area contributed by atoms with Crippen LogP contribution in [0.3, 0.4) is 0 Å². The summed E-state index contributed by atoms with van der Waals surface area (Å²) in [6.07, 6.45) is -1.92. The number of carbonyl (C=O) groups excluding carboxylic acids is 1. The van der Waals surface area contributed by atoms with Crippen molar-refractivity contribution in [2.75, 3.05) is 26.2 Å². The van der Waals surface area contributed by atoms with E-state index in [1.807, 2.05) is 24.3 Å². The molecular formula is C24H21F3N2O3S. The highest BCUT2D eigenvalue weighted by molar-refractivity contribution is 7.89. The lowest BCUT2D eigenvalue weighted by Gasteiger charge is -2.33. The molecule has 3 aromatic rings. The van der Waals surface area contributed by atoms with Gasteiger partial charge in [-0.1, -0.05) is 42.5 Å². The second-order valence-corrected chi connectivity index (χ2v) is 9.63. The largest absolute Gasteiger partial charge is 0.416 e. The minimum atomic E-state index is -4.46. The monoisotopic (exact) mass is 474 g/mol. The van der Waals surface area contributed by atoms with Crippen LogP contribution in [0.25, 0.3) is 16.8 Å². The molecule has 5 nitrogen and oxygen atoms in total. The summed E-state index contributed by atoms with van der Waals surface area (Å²) in [6.45, 7) is 0.660. The van der Waals surface area contributed by atoms with E-state index in [-0.39, 0.29) is 42.5 Å². The van der Waals surface area contributed by atoms with Gasteiger partial charge in [0.05, 0.1) is 10.5 Å². The fourth-order valence-electron chi connectivity index (χ4n) is 3.72. The molecule has 1 aliphatic heterocycles. The molecule has 1 fully saturated rings. The molecule has 1 aliphatic rings. The summed E-state index contributed by atoms with van der Waals surface area (Å²) in [6, 6.07) is 17.2. The zero-order valence-electron chi connectivity index (χ0n) is 17.5. The second kappa shape index (κ2) is 8.99. The molecule has 0 aromatic heterocycles. The number of carbonyl (C=O) groups is 1. The van der Waals surface area contributed by atoms with Crippen LogP contribution in [0.1, 0.15) is 11.1 Å². The van der Waals surface area contributed by atoms with Crippen LogP contribution in [0.5, 0.6) is 0 Å². The average molecular weight is 475 g/mol. The predicted octanol–water partition coefficient (Wildman–Crippen LogP) is 4.40. The number of amides is 1. The molecule has 33 heavy (non-hydrogen) atoms. The normalized spacial score (nSPS) is 15.9. The SMILES string of the molecule is O=C(C=Cc1cccc(C(F)(F)F)c1)N1CCN(S(=O)(=O)c2ccc3ccccc3c2)CC1. The van der Waals surface area contributed by atoms with Crippen LogP contribution in [0.15, 0.2) is 77.7 Å². The lowest BCUT2D eigenvalue weighted by molar-refractivity contribution is -0.137. The van der Waals surface area contributed by atoms with Crippen LogP contribution in [-0.2, 0) is 21.0 Å². The summed E-state index contributed by atoms with van der Waals surface area (Å²) in [4.78, 5) is 14.2. The van der Waals surface area contributed by atoms with Crippen molar-refractivity contribution in [3.63, 3.8) is 0 Å². The quantitative estimate of drug-likeness (QED) is 0.527. The number of hydrogen-bond acceptors (Lipinski definition) is 3. The van der Waals surface area contributed by atoms with Gasteiger partial charge in [0.2, 0.25) is 15.9 Å². The second-order valence-electron chi connectivity index (χ2n) is 7.69. The molecule has 0 aliphatic carbocycles. The molecule has 0 N–H and O–H groups in total.